The van der Waals surface area contributed by atoms with Gasteiger partial charge in [-0.05, 0) is 65.6 Å². The summed E-state index contributed by atoms with van der Waals surface area (Å²) in [5.41, 5.74) is 4.29. The number of hydrogen-bond acceptors (Lipinski definition) is 6. The maximum Gasteiger partial charge on any atom is 0.261 e. The molecule has 1 fully saturated rings. The fourth-order valence-corrected chi connectivity index (χ4v) is 6.76. The number of benzene rings is 4. The molecule has 1 saturated heterocycles. The summed E-state index contributed by atoms with van der Waals surface area (Å²) in [6.45, 7) is 0.0880. The largest absolute Gasteiger partial charge is 0.487 e. The van der Waals surface area contributed by atoms with Gasteiger partial charge in [0.15, 0.2) is 0 Å². The second kappa shape index (κ2) is 12.2. The van der Waals surface area contributed by atoms with E-state index in [1.165, 1.54) is 12.1 Å². The zero-order valence-corrected chi connectivity index (χ0v) is 24.0. The van der Waals surface area contributed by atoms with Gasteiger partial charge in [-0.2, -0.15) is 0 Å². The van der Waals surface area contributed by atoms with Crippen LogP contribution in [0.3, 0.4) is 0 Å². The van der Waals surface area contributed by atoms with Crippen LogP contribution in [0.5, 0.6) is 5.75 Å². The number of rotatable bonds is 9. The van der Waals surface area contributed by atoms with Gasteiger partial charge in [0.25, 0.3) is 10.0 Å². The van der Waals surface area contributed by atoms with Crippen molar-refractivity contribution in [1.82, 2.24) is 5.32 Å². The number of ether oxygens (including phenoxy) is 2. The van der Waals surface area contributed by atoms with Crippen molar-refractivity contribution in [3.8, 4) is 16.9 Å². The zero-order chi connectivity index (χ0) is 30.0. The van der Waals surface area contributed by atoms with E-state index in [4.69, 9.17) is 9.47 Å². The first-order valence-corrected chi connectivity index (χ1v) is 15.5. The highest BCUT2D eigenvalue weighted by atomic mass is 32.2. The van der Waals surface area contributed by atoms with Crippen LogP contribution in [0, 0.1) is 5.82 Å². The monoisotopic (exact) mass is 602 g/mol. The molecule has 2 aliphatic heterocycles. The van der Waals surface area contributed by atoms with Gasteiger partial charge in [-0.1, -0.05) is 54.6 Å². The van der Waals surface area contributed by atoms with E-state index in [9.17, 15) is 22.7 Å². The molecule has 0 spiro atoms. The number of fused-ring (bicyclic) bond motifs is 3. The van der Waals surface area contributed by atoms with E-state index in [2.05, 4.69) is 10.0 Å². The first-order valence-electron chi connectivity index (χ1n) is 14.1. The van der Waals surface area contributed by atoms with Gasteiger partial charge < -0.3 is 19.9 Å². The molecule has 4 aromatic rings. The van der Waals surface area contributed by atoms with E-state index in [-0.39, 0.29) is 29.7 Å². The molecule has 8 nitrogen and oxygen atoms in total. The summed E-state index contributed by atoms with van der Waals surface area (Å²) >= 11 is 0. The Morgan fingerprint density at radius 1 is 0.930 bits per heavy atom. The quantitative estimate of drug-likeness (QED) is 0.249. The van der Waals surface area contributed by atoms with Crippen LogP contribution in [-0.2, 0) is 26.1 Å². The summed E-state index contributed by atoms with van der Waals surface area (Å²) in [5, 5.41) is 13.0. The minimum Gasteiger partial charge on any atom is -0.487 e. The number of aliphatic hydroxyl groups is 1. The van der Waals surface area contributed by atoms with Gasteiger partial charge in [-0.3, -0.25) is 9.52 Å². The fourth-order valence-electron chi connectivity index (χ4n) is 5.71. The van der Waals surface area contributed by atoms with Crippen molar-refractivity contribution in [2.45, 2.75) is 48.5 Å². The van der Waals surface area contributed by atoms with Crippen molar-refractivity contribution in [2.24, 2.45) is 0 Å². The van der Waals surface area contributed by atoms with Gasteiger partial charge in [0, 0.05) is 23.7 Å². The molecule has 0 aliphatic carbocycles. The van der Waals surface area contributed by atoms with E-state index >= 15 is 0 Å². The van der Waals surface area contributed by atoms with Crippen LogP contribution in [-0.4, -0.2) is 44.4 Å². The van der Waals surface area contributed by atoms with Crippen LogP contribution in [0.1, 0.15) is 29.9 Å². The van der Waals surface area contributed by atoms with Crippen LogP contribution < -0.4 is 14.8 Å². The molecule has 2 heterocycles. The minimum absolute atomic E-state index is 0.0619. The SMILES string of the molecule is O=C(C[C@@H]1C[C@@H]2c3cc(NS(=O)(=O)c4ccc(F)cc4)ccc3O[C@@H]2[C@H](CO)O1)NCc1ccc(-c2ccccc2)cc1. The number of nitrogens with one attached hydrogen (secondary N) is 2. The normalized spacial score (nSPS) is 20.9. The Labute approximate surface area is 249 Å². The Balaban J connectivity index is 1.10. The van der Waals surface area contributed by atoms with E-state index in [0.717, 1.165) is 34.4 Å². The molecule has 10 heteroatoms. The predicted molar refractivity (Wildman–Crippen MR) is 160 cm³/mol. The first-order chi connectivity index (χ1) is 20.8. The molecule has 4 atom stereocenters. The minimum atomic E-state index is -3.94. The summed E-state index contributed by atoms with van der Waals surface area (Å²) in [6.07, 6.45) is -1.01. The van der Waals surface area contributed by atoms with Gasteiger partial charge in [0.2, 0.25) is 5.91 Å². The molecule has 6 rings (SSSR count). The second-order valence-electron chi connectivity index (χ2n) is 10.8. The molecule has 0 unspecified atom stereocenters. The molecule has 1 amide bonds. The van der Waals surface area contributed by atoms with Crippen molar-refractivity contribution in [3.63, 3.8) is 0 Å². The number of halogens is 1. The van der Waals surface area contributed by atoms with Crippen LogP contribution in [0.2, 0.25) is 0 Å². The maximum absolute atomic E-state index is 13.3. The van der Waals surface area contributed by atoms with E-state index < -0.39 is 34.2 Å². The van der Waals surface area contributed by atoms with Gasteiger partial charge in [-0.15, -0.1) is 0 Å². The standard InChI is InChI=1S/C33H31FN2O6S/c34-24-10-13-27(14-11-24)43(39,40)36-25-12-15-30-28(16-25)29-17-26(41-31(20-37)33(29)42-30)18-32(38)35-19-21-6-8-23(9-7-21)22-4-2-1-3-5-22/h1-16,26,29,31,33,36-37H,17-20H2,(H,35,38)/t26-,29+,31-,33-/m0/s1. The lowest BCUT2D eigenvalue weighted by atomic mass is 9.84. The number of sulfonamides is 1. The van der Waals surface area contributed by atoms with Gasteiger partial charge in [0.1, 0.15) is 23.8 Å². The van der Waals surface area contributed by atoms with Crippen LogP contribution in [0.25, 0.3) is 11.1 Å². The molecule has 0 aromatic heterocycles. The molecule has 4 aromatic carbocycles. The summed E-state index contributed by atoms with van der Waals surface area (Å²) in [7, 11) is -3.94. The molecular weight excluding hydrogens is 571 g/mol. The highest BCUT2D eigenvalue weighted by Gasteiger charge is 2.46. The Hall–Kier alpha value is -4.25. The molecule has 0 saturated carbocycles. The predicted octanol–water partition coefficient (Wildman–Crippen LogP) is 4.99. The molecule has 0 radical (unpaired) electrons. The summed E-state index contributed by atoms with van der Waals surface area (Å²) in [6, 6.07) is 27.6. The van der Waals surface area contributed by atoms with Crippen molar-refractivity contribution in [1.29, 1.82) is 0 Å². The number of hydrogen-bond donors (Lipinski definition) is 3. The number of anilines is 1. The third-order valence-corrected chi connectivity index (χ3v) is 9.24. The summed E-state index contributed by atoms with van der Waals surface area (Å²) < 4.78 is 53.7. The van der Waals surface area contributed by atoms with Crippen molar-refractivity contribution >= 4 is 21.6 Å². The highest BCUT2D eigenvalue weighted by molar-refractivity contribution is 7.92. The summed E-state index contributed by atoms with van der Waals surface area (Å²) in [5.74, 6) is -0.337. The molecular formula is C33H31FN2O6S. The molecule has 0 bridgehead atoms. The number of carbonyl (C=O) groups excluding carboxylic acids is 1. The van der Waals surface area contributed by atoms with Gasteiger partial charge in [0.05, 0.1) is 24.0 Å². The maximum atomic E-state index is 13.3. The van der Waals surface area contributed by atoms with E-state index in [1.807, 2.05) is 54.6 Å². The molecule has 3 N–H and O–H groups in total. The molecule has 222 valence electrons. The summed E-state index contributed by atoms with van der Waals surface area (Å²) in [4.78, 5) is 12.8. The third kappa shape index (κ3) is 6.41. The van der Waals surface area contributed by atoms with E-state index in [0.29, 0.717) is 24.4 Å². The Morgan fingerprint density at radius 3 is 2.37 bits per heavy atom. The first kappa shape index (κ1) is 28.9. The zero-order valence-electron chi connectivity index (χ0n) is 23.2. The van der Waals surface area contributed by atoms with Gasteiger partial charge >= 0.3 is 0 Å². The highest BCUT2D eigenvalue weighted by Crippen LogP contribution is 2.47. The van der Waals surface area contributed by atoms with Crippen LogP contribution >= 0.6 is 0 Å². The Kier molecular flexibility index (Phi) is 8.16. The number of aliphatic hydroxyl groups excluding tert-OH is 1. The average Bonchev–Trinajstić information content (AvgIpc) is 3.38. The smallest absolute Gasteiger partial charge is 0.261 e. The van der Waals surface area contributed by atoms with Crippen LogP contribution in [0.4, 0.5) is 10.1 Å². The lowest BCUT2D eigenvalue weighted by Crippen LogP contribution is -2.47. The Bertz CT molecular complexity index is 1700. The van der Waals surface area contributed by atoms with Crippen molar-refractivity contribution in [3.05, 3.63) is 114 Å². The van der Waals surface area contributed by atoms with Crippen LogP contribution in [0.15, 0.2) is 102 Å². The number of amides is 1. The Morgan fingerprint density at radius 2 is 1.65 bits per heavy atom. The molecule has 43 heavy (non-hydrogen) atoms. The second-order valence-corrected chi connectivity index (χ2v) is 12.4. The van der Waals surface area contributed by atoms with Crippen molar-refractivity contribution < 1.29 is 32.2 Å². The topological polar surface area (TPSA) is 114 Å². The third-order valence-electron chi connectivity index (χ3n) is 7.84. The number of carbonyl (C=O) groups is 1. The lowest BCUT2D eigenvalue weighted by Gasteiger charge is -2.37. The lowest BCUT2D eigenvalue weighted by molar-refractivity contribution is -0.142. The van der Waals surface area contributed by atoms with E-state index in [1.54, 1.807) is 18.2 Å². The van der Waals surface area contributed by atoms with Gasteiger partial charge in [-0.25, -0.2) is 12.8 Å². The van der Waals surface area contributed by atoms with Crippen molar-refractivity contribution in [2.75, 3.05) is 11.3 Å². The average molecular weight is 603 g/mol. The molecule has 2 aliphatic rings. The fraction of sp³-hybridized carbons (Fsp3) is 0.242.